The molecule has 0 saturated heterocycles. The maximum Gasteiger partial charge on any atom is 0.0444 e. The minimum atomic E-state index is 0.283. The molecule has 0 bridgehead atoms. The normalized spacial score (nSPS) is 23.5. The third-order valence-electron chi connectivity index (χ3n) is 5.50. The van der Waals surface area contributed by atoms with Crippen LogP contribution in [0.25, 0.3) is 0 Å². The predicted octanol–water partition coefficient (Wildman–Crippen LogP) is 4.93. The van der Waals surface area contributed by atoms with E-state index in [2.05, 4.69) is 30.4 Å². The molecule has 0 aromatic heterocycles. The molecule has 0 aliphatic heterocycles. The van der Waals surface area contributed by atoms with Crippen LogP contribution in [0.5, 0.6) is 0 Å². The van der Waals surface area contributed by atoms with Crippen molar-refractivity contribution in [1.29, 1.82) is 0 Å². The van der Waals surface area contributed by atoms with E-state index in [4.69, 9.17) is 11.6 Å². The first kappa shape index (κ1) is 14.4. The van der Waals surface area contributed by atoms with Gasteiger partial charge in [0.05, 0.1) is 0 Å². The fraction of sp³-hybridized carbons (Fsp3) is 0.667. The summed E-state index contributed by atoms with van der Waals surface area (Å²) in [5, 5.41) is 4.53. The molecular weight excluding hydrogens is 266 g/mol. The summed E-state index contributed by atoms with van der Waals surface area (Å²) < 4.78 is 0. The number of likely N-dealkylation sites (N-methyl/N-ethyl adjacent to an activating group) is 1. The molecule has 2 aliphatic rings. The van der Waals surface area contributed by atoms with Gasteiger partial charge in [-0.2, -0.15) is 0 Å². The molecule has 1 aromatic rings. The maximum absolute atomic E-state index is 6.50. The van der Waals surface area contributed by atoms with E-state index >= 15 is 0 Å². The molecule has 2 saturated carbocycles. The summed E-state index contributed by atoms with van der Waals surface area (Å²) in [5.74, 6) is 0. The number of hydrogen-bond donors (Lipinski definition) is 1. The second-order valence-electron chi connectivity index (χ2n) is 6.95. The smallest absolute Gasteiger partial charge is 0.0444 e. The van der Waals surface area contributed by atoms with E-state index in [1.54, 1.807) is 0 Å². The van der Waals surface area contributed by atoms with Crippen LogP contribution in [0.15, 0.2) is 24.3 Å². The first-order chi connectivity index (χ1) is 9.70. The summed E-state index contributed by atoms with van der Waals surface area (Å²) in [6, 6.07) is 8.48. The molecule has 1 aromatic carbocycles. The van der Waals surface area contributed by atoms with Gasteiger partial charge in [0, 0.05) is 17.0 Å². The van der Waals surface area contributed by atoms with Gasteiger partial charge in [0.2, 0.25) is 0 Å². The molecule has 0 unspecified atom stereocenters. The van der Waals surface area contributed by atoms with Crippen molar-refractivity contribution in [2.45, 2.75) is 57.3 Å². The van der Waals surface area contributed by atoms with Crippen molar-refractivity contribution >= 4 is 11.6 Å². The zero-order valence-electron chi connectivity index (χ0n) is 12.6. The van der Waals surface area contributed by atoms with E-state index in [0.717, 1.165) is 18.1 Å². The summed E-state index contributed by atoms with van der Waals surface area (Å²) in [6.07, 6.45) is 9.83. The number of rotatable bonds is 4. The van der Waals surface area contributed by atoms with Crippen LogP contribution < -0.4 is 5.32 Å². The molecule has 2 heteroatoms. The van der Waals surface area contributed by atoms with E-state index in [-0.39, 0.29) is 5.41 Å². The van der Waals surface area contributed by atoms with Crippen LogP contribution in [-0.4, -0.2) is 13.1 Å². The summed E-state index contributed by atoms with van der Waals surface area (Å²) in [7, 11) is 0. The fourth-order valence-corrected chi connectivity index (χ4v) is 5.04. The molecule has 1 spiro atoms. The Bertz CT molecular complexity index is 454. The summed E-state index contributed by atoms with van der Waals surface area (Å²) >= 11 is 6.50. The second-order valence-corrected chi connectivity index (χ2v) is 7.36. The molecule has 110 valence electrons. The van der Waals surface area contributed by atoms with Crippen molar-refractivity contribution < 1.29 is 0 Å². The van der Waals surface area contributed by atoms with Crippen molar-refractivity contribution in [2.24, 2.45) is 5.41 Å². The first-order valence-electron chi connectivity index (χ1n) is 8.16. The number of halogens is 1. The maximum atomic E-state index is 6.50. The number of benzene rings is 1. The molecule has 0 radical (unpaired) electrons. The Morgan fingerprint density at radius 1 is 1.10 bits per heavy atom. The Kier molecular flexibility index (Phi) is 4.10. The van der Waals surface area contributed by atoms with E-state index in [0.29, 0.717) is 5.41 Å². The van der Waals surface area contributed by atoms with Gasteiger partial charge >= 0.3 is 0 Å². The highest BCUT2D eigenvalue weighted by Crippen LogP contribution is 2.62. The van der Waals surface area contributed by atoms with Gasteiger partial charge in [0.25, 0.3) is 0 Å². The molecule has 2 aliphatic carbocycles. The Balaban J connectivity index is 1.83. The summed E-state index contributed by atoms with van der Waals surface area (Å²) in [4.78, 5) is 0. The summed E-state index contributed by atoms with van der Waals surface area (Å²) in [6.45, 7) is 4.31. The Hall–Kier alpha value is -0.530. The highest BCUT2D eigenvalue weighted by molar-refractivity contribution is 6.31. The minimum Gasteiger partial charge on any atom is -0.316 e. The molecule has 20 heavy (non-hydrogen) atoms. The standard InChI is InChI=1S/C18H26ClN/c1-2-20-14-18(15-8-4-5-9-16(15)19)12-17(13-18)10-6-3-7-11-17/h4-5,8-9,20H,2-3,6-7,10-14H2,1H3. The first-order valence-corrected chi connectivity index (χ1v) is 8.53. The van der Waals surface area contributed by atoms with Gasteiger partial charge < -0.3 is 5.32 Å². The minimum absolute atomic E-state index is 0.283. The lowest BCUT2D eigenvalue weighted by atomic mass is 9.46. The van der Waals surface area contributed by atoms with Crippen molar-refractivity contribution in [3.05, 3.63) is 34.9 Å². The van der Waals surface area contributed by atoms with Crippen LogP contribution in [0.1, 0.15) is 57.4 Å². The van der Waals surface area contributed by atoms with Crippen LogP contribution in [0.4, 0.5) is 0 Å². The molecule has 2 fully saturated rings. The molecule has 1 nitrogen and oxygen atoms in total. The van der Waals surface area contributed by atoms with E-state index < -0.39 is 0 Å². The SMILES string of the molecule is CCNCC1(c2ccccc2Cl)CC2(CCCCC2)C1. The quantitative estimate of drug-likeness (QED) is 0.829. The lowest BCUT2D eigenvalue weighted by Gasteiger charge is -2.59. The van der Waals surface area contributed by atoms with Crippen LogP contribution in [-0.2, 0) is 5.41 Å². The molecule has 3 rings (SSSR count). The van der Waals surface area contributed by atoms with E-state index in [1.807, 2.05) is 6.07 Å². The average molecular weight is 292 g/mol. The van der Waals surface area contributed by atoms with Gasteiger partial charge in [0.15, 0.2) is 0 Å². The Labute approximate surface area is 128 Å². The van der Waals surface area contributed by atoms with E-state index in [1.165, 1.54) is 50.5 Å². The molecule has 0 amide bonds. The van der Waals surface area contributed by atoms with Crippen LogP contribution >= 0.6 is 11.6 Å². The van der Waals surface area contributed by atoms with Gasteiger partial charge in [0.1, 0.15) is 0 Å². The average Bonchev–Trinajstić information content (AvgIpc) is 2.44. The van der Waals surface area contributed by atoms with Crippen molar-refractivity contribution in [2.75, 3.05) is 13.1 Å². The van der Waals surface area contributed by atoms with Gasteiger partial charge in [-0.3, -0.25) is 0 Å². The molecule has 1 N–H and O–H groups in total. The van der Waals surface area contributed by atoms with Crippen molar-refractivity contribution in [1.82, 2.24) is 5.32 Å². The molecular formula is C18H26ClN. The summed E-state index contributed by atoms with van der Waals surface area (Å²) in [5.41, 5.74) is 2.29. The van der Waals surface area contributed by atoms with Gasteiger partial charge in [-0.1, -0.05) is 56.0 Å². The number of nitrogens with one attached hydrogen (secondary N) is 1. The zero-order chi connectivity index (χ0) is 14.1. The van der Waals surface area contributed by atoms with Crippen molar-refractivity contribution in [3.8, 4) is 0 Å². The van der Waals surface area contributed by atoms with Gasteiger partial charge in [-0.15, -0.1) is 0 Å². The lowest BCUT2D eigenvalue weighted by Crippen LogP contribution is -2.55. The van der Waals surface area contributed by atoms with Crippen molar-refractivity contribution in [3.63, 3.8) is 0 Å². The topological polar surface area (TPSA) is 12.0 Å². The Morgan fingerprint density at radius 2 is 1.80 bits per heavy atom. The highest BCUT2D eigenvalue weighted by atomic mass is 35.5. The molecule has 0 heterocycles. The van der Waals surface area contributed by atoms with E-state index in [9.17, 15) is 0 Å². The fourth-order valence-electron chi connectivity index (χ4n) is 4.71. The largest absolute Gasteiger partial charge is 0.316 e. The van der Waals surface area contributed by atoms with Gasteiger partial charge in [-0.25, -0.2) is 0 Å². The Morgan fingerprint density at radius 3 is 2.45 bits per heavy atom. The third-order valence-corrected chi connectivity index (χ3v) is 5.83. The number of hydrogen-bond acceptors (Lipinski definition) is 1. The second kappa shape index (κ2) is 5.69. The van der Waals surface area contributed by atoms with Gasteiger partial charge in [-0.05, 0) is 49.3 Å². The van der Waals surface area contributed by atoms with Crippen LogP contribution in [0.3, 0.4) is 0 Å². The highest BCUT2D eigenvalue weighted by Gasteiger charge is 2.55. The molecule has 0 atom stereocenters. The monoisotopic (exact) mass is 291 g/mol. The van der Waals surface area contributed by atoms with Crippen LogP contribution in [0, 0.1) is 5.41 Å². The van der Waals surface area contributed by atoms with Crippen LogP contribution in [0.2, 0.25) is 5.02 Å². The lowest BCUT2D eigenvalue weighted by molar-refractivity contribution is -0.0124. The predicted molar refractivity (Wildman–Crippen MR) is 86.4 cm³/mol. The zero-order valence-corrected chi connectivity index (χ0v) is 13.3. The third kappa shape index (κ3) is 2.51.